The maximum absolute atomic E-state index is 10.8. The third kappa shape index (κ3) is 14.9. The molecule has 0 N–H and O–H groups in total. The average Bonchev–Trinajstić information content (AvgIpc) is 2.53. The van der Waals surface area contributed by atoms with Gasteiger partial charge in [-0.05, 0) is 21.1 Å². The molecule has 0 aliphatic carbocycles. The van der Waals surface area contributed by atoms with Gasteiger partial charge in [-0.2, -0.15) is 11.8 Å². The molecular weight excluding hydrogens is 358 g/mol. The number of thioether (sulfide) groups is 1. The number of hydrogen-bond donors (Lipinski definition) is 0. The van der Waals surface area contributed by atoms with Gasteiger partial charge in [0.2, 0.25) is 0 Å². The zero-order valence-corrected chi connectivity index (χ0v) is 16.5. The minimum Gasteiger partial charge on any atom is -0.379 e. The third-order valence-corrected chi connectivity index (χ3v) is 6.59. The Morgan fingerprint density at radius 1 is 0.720 bits per heavy atom. The van der Waals surface area contributed by atoms with Crippen LogP contribution in [0.15, 0.2) is 0 Å². The van der Waals surface area contributed by atoms with Gasteiger partial charge in [0.25, 0.3) is 0 Å². The van der Waals surface area contributed by atoms with Crippen LogP contribution in [0.5, 0.6) is 0 Å². The average molecular weight is 400 g/mol. The molecule has 3 saturated heterocycles. The number of morpholine rings is 1. The summed E-state index contributed by atoms with van der Waals surface area (Å²) in [4.78, 5) is 6.67. The summed E-state index contributed by atoms with van der Waals surface area (Å²) in [6.45, 7) is 7.98. The maximum atomic E-state index is 10.8. The summed E-state index contributed by atoms with van der Waals surface area (Å²) in [5, 5.41) is 0. The number of rotatable bonds is 0. The molecule has 3 heterocycles. The number of nitrogens with zero attached hydrogens (tertiary/aromatic N) is 3. The lowest BCUT2D eigenvalue weighted by molar-refractivity contribution is 0.0503. The first-order chi connectivity index (χ1) is 10.9. The van der Waals surface area contributed by atoms with Gasteiger partial charge in [0.05, 0.1) is 24.7 Å². The van der Waals surface area contributed by atoms with Crippen LogP contribution in [0.4, 0.5) is 0 Å². The molecule has 0 radical (unpaired) electrons. The molecule has 3 rings (SSSR count). The van der Waals surface area contributed by atoms with Crippen molar-refractivity contribution in [3.05, 3.63) is 0 Å². The summed E-state index contributed by atoms with van der Waals surface area (Å²) in [5.74, 6) is 3.33. The van der Waals surface area contributed by atoms with Gasteiger partial charge in [-0.15, -0.1) is 0 Å². The summed E-state index contributed by atoms with van der Waals surface area (Å²) in [5.41, 5.74) is 0. The van der Waals surface area contributed by atoms with Crippen LogP contribution in [0.2, 0.25) is 0 Å². The van der Waals surface area contributed by atoms with Crippen LogP contribution in [-0.4, -0.2) is 120 Å². The van der Waals surface area contributed by atoms with Crippen molar-refractivity contribution in [2.75, 3.05) is 96.6 Å². The molecule has 154 valence electrons. The van der Waals surface area contributed by atoms with E-state index in [1.807, 2.05) is 11.9 Å². The topological polar surface area (TPSA) is 53.1 Å². The molecular formula is C17H41N3O3S2. The Kier molecular flexibility index (Phi) is 16.7. The zero-order valence-electron chi connectivity index (χ0n) is 14.9. The quantitative estimate of drug-likeness (QED) is 0.607. The normalized spacial score (nSPS) is 24.3. The molecule has 0 atom stereocenters. The molecule has 0 aromatic rings. The molecule has 0 bridgehead atoms. The van der Waals surface area contributed by atoms with Gasteiger partial charge < -0.3 is 19.4 Å². The Morgan fingerprint density at radius 3 is 1.40 bits per heavy atom. The first-order valence-corrected chi connectivity index (χ1v) is 11.3. The highest BCUT2D eigenvalue weighted by Crippen LogP contribution is 2.05. The van der Waals surface area contributed by atoms with Crippen molar-refractivity contribution in [3.8, 4) is 0 Å². The highest BCUT2D eigenvalue weighted by molar-refractivity contribution is 7.99. The van der Waals surface area contributed by atoms with Crippen LogP contribution in [0, 0.1) is 0 Å². The highest BCUT2D eigenvalue weighted by Gasteiger charge is 2.18. The first kappa shape index (κ1) is 27.4. The fourth-order valence-electron chi connectivity index (χ4n) is 2.11. The van der Waals surface area contributed by atoms with Gasteiger partial charge in [-0.25, -0.2) is 8.42 Å². The predicted molar refractivity (Wildman–Crippen MR) is 113 cm³/mol. The molecule has 3 fully saturated rings. The van der Waals surface area contributed by atoms with Crippen molar-refractivity contribution in [1.82, 2.24) is 14.7 Å². The Morgan fingerprint density at radius 2 is 1.12 bits per heavy atom. The monoisotopic (exact) mass is 399 g/mol. The third-order valence-electron chi connectivity index (χ3n) is 4.04. The summed E-state index contributed by atoms with van der Waals surface area (Å²) >= 11 is 2.06. The molecule has 8 heteroatoms. The molecule has 0 aromatic carbocycles. The summed E-state index contributed by atoms with van der Waals surface area (Å²) in [7, 11) is 3.58. The molecule has 0 aromatic heterocycles. The van der Waals surface area contributed by atoms with Crippen molar-refractivity contribution >= 4 is 21.6 Å². The van der Waals surface area contributed by atoms with Crippen LogP contribution < -0.4 is 0 Å². The SMILES string of the molecule is C.C.CN1CCOCC1.CN1CCS(=O)(=O)CC1.CN1CCSCC1. The van der Waals surface area contributed by atoms with E-state index in [4.69, 9.17) is 4.74 Å². The second-order valence-electron chi connectivity index (χ2n) is 6.29. The van der Waals surface area contributed by atoms with Gasteiger partial charge in [-0.3, -0.25) is 0 Å². The molecule has 6 nitrogen and oxygen atoms in total. The van der Waals surface area contributed by atoms with E-state index in [9.17, 15) is 8.42 Å². The van der Waals surface area contributed by atoms with E-state index in [0.29, 0.717) is 24.6 Å². The van der Waals surface area contributed by atoms with Crippen molar-refractivity contribution < 1.29 is 13.2 Å². The van der Waals surface area contributed by atoms with Crippen LogP contribution in [0.3, 0.4) is 0 Å². The molecule has 3 aliphatic rings. The van der Waals surface area contributed by atoms with Gasteiger partial charge >= 0.3 is 0 Å². The lowest BCUT2D eigenvalue weighted by Gasteiger charge is -2.21. The van der Waals surface area contributed by atoms with Gasteiger partial charge in [0.1, 0.15) is 0 Å². The van der Waals surface area contributed by atoms with Crippen LogP contribution in [0.1, 0.15) is 14.9 Å². The van der Waals surface area contributed by atoms with Crippen LogP contribution in [-0.2, 0) is 14.6 Å². The molecule has 0 saturated carbocycles. The molecule has 0 amide bonds. The summed E-state index contributed by atoms with van der Waals surface area (Å²) in [6, 6.07) is 0. The first-order valence-electron chi connectivity index (χ1n) is 8.30. The van der Waals surface area contributed by atoms with E-state index >= 15 is 0 Å². The number of hydrogen-bond acceptors (Lipinski definition) is 7. The molecule has 0 spiro atoms. The smallest absolute Gasteiger partial charge is 0.152 e. The van der Waals surface area contributed by atoms with E-state index in [1.54, 1.807) is 0 Å². The van der Waals surface area contributed by atoms with Crippen molar-refractivity contribution in [2.24, 2.45) is 0 Å². The van der Waals surface area contributed by atoms with E-state index in [1.165, 1.54) is 24.6 Å². The van der Waals surface area contributed by atoms with Crippen molar-refractivity contribution in [3.63, 3.8) is 0 Å². The Balaban J connectivity index is 0. The van der Waals surface area contributed by atoms with Gasteiger partial charge in [0, 0.05) is 50.8 Å². The second kappa shape index (κ2) is 15.2. The second-order valence-corrected chi connectivity index (χ2v) is 9.81. The van der Waals surface area contributed by atoms with E-state index in [0.717, 1.165) is 26.3 Å². The Labute approximate surface area is 161 Å². The van der Waals surface area contributed by atoms with E-state index < -0.39 is 9.84 Å². The lowest BCUT2D eigenvalue weighted by Crippen LogP contribution is -2.37. The lowest BCUT2D eigenvalue weighted by atomic mass is 10.5. The summed E-state index contributed by atoms with van der Waals surface area (Å²) in [6.07, 6.45) is 0. The number of sulfone groups is 1. The fraction of sp³-hybridized carbons (Fsp3) is 1.00. The van der Waals surface area contributed by atoms with Crippen LogP contribution in [0.25, 0.3) is 0 Å². The minimum atomic E-state index is -2.66. The van der Waals surface area contributed by atoms with Gasteiger partial charge in [-0.1, -0.05) is 14.9 Å². The van der Waals surface area contributed by atoms with E-state index in [-0.39, 0.29) is 14.9 Å². The maximum Gasteiger partial charge on any atom is 0.152 e. The standard InChI is InChI=1S/C5H11NO2S.C5H11NO.C5H11NS.2CH4/c1-6-2-4-9(7,8)5-3-6;2*1-6-2-4-7-5-3-6;;/h2-5H2,1H3;2*2-5H2,1H3;2*1H4. The molecule has 0 unspecified atom stereocenters. The Hall–Kier alpha value is 0.140. The van der Waals surface area contributed by atoms with Gasteiger partial charge in [0.15, 0.2) is 9.84 Å². The highest BCUT2D eigenvalue weighted by atomic mass is 32.2. The van der Waals surface area contributed by atoms with Crippen molar-refractivity contribution in [2.45, 2.75) is 14.9 Å². The summed E-state index contributed by atoms with van der Waals surface area (Å²) < 4.78 is 26.6. The predicted octanol–water partition coefficient (Wildman–Crippen LogP) is 1.23. The number of ether oxygens (including phenoxy) is 1. The fourth-order valence-corrected chi connectivity index (χ4v) is 4.58. The largest absolute Gasteiger partial charge is 0.379 e. The molecule has 25 heavy (non-hydrogen) atoms. The van der Waals surface area contributed by atoms with E-state index in [2.05, 4.69) is 35.7 Å². The van der Waals surface area contributed by atoms with Crippen molar-refractivity contribution in [1.29, 1.82) is 0 Å². The zero-order chi connectivity index (χ0) is 17.1. The number of likely N-dealkylation sites (N-methyl/N-ethyl adjacent to an activating group) is 1. The minimum absolute atomic E-state index is 0. The Bertz CT molecular complexity index is 366. The molecule has 3 aliphatic heterocycles. The van der Waals surface area contributed by atoms with Crippen LogP contribution >= 0.6 is 11.8 Å².